The van der Waals surface area contributed by atoms with E-state index < -0.39 is 11.0 Å². The van der Waals surface area contributed by atoms with E-state index in [4.69, 9.17) is 4.74 Å². The van der Waals surface area contributed by atoms with Gasteiger partial charge in [0.1, 0.15) is 6.61 Å². The summed E-state index contributed by atoms with van der Waals surface area (Å²) in [4.78, 5) is 26.4. The summed E-state index contributed by atoms with van der Waals surface area (Å²) in [5.41, 5.74) is 1.20. The highest BCUT2D eigenvalue weighted by molar-refractivity contribution is 5.94. The van der Waals surface area contributed by atoms with Crippen molar-refractivity contribution in [2.45, 2.75) is 38.1 Å². The Hall–Kier alpha value is -2.35. The number of likely N-dealkylation sites (N-methyl/N-ethyl adjacent to an activating group) is 1. The lowest BCUT2D eigenvalue weighted by Crippen LogP contribution is -2.41. The number of hydrogen-bond donors (Lipinski definition) is 1. The van der Waals surface area contributed by atoms with Gasteiger partial charge in [-0.3, -0.25) is 15.0 Å². The molecule has 2 fully saturated rings. The Morgan fingerprint density at radius 2 is 2.07 bits per heavy atom. The SMILES string of the molecule is CN(C)[C@@H](CNc1ccc([N+](=O)[O-])cc1N1CCOC1=O)C1CCCCC1. The monoisotopic (exact) mass is 376 g/mol. The summed E-state index contributed by atoms with van der Waals surface area (Å²) in [6.45, 7) is 1.42. The van der Waals surface area contributed by atoms with Gasteiger partial charge >= 0.3 is 6.09 Å². The van der Waals surface area contributed by atoms with Crippen LogP contribution in [0.2, 0.25) is 0 Å². The fourth-order valence-electron chi connectivity index (χ4n) is 4.12. The van der Waals surface area contributed by atoms with E-state index in [2.05, 4.69) is 24.3 Å². The maximum Gasteiger partial charge on any atom is 0.414 e. The van der Waals surface area contributed by atoms with E-state index in [-0.39, 0.29) is 5.69 Å². The molecule has 1 aromatic rings. The Bertz CT molecular complexity index is 688. The first-order valence-corrected chi connectivity index (χ1v) is 9.60. The minimum Gasteiger partial charge on any atom is -0.447 e. The van der Waals surface area contributed by atoms with Gasteiger partial charge in [-0.1, -0.05) is 19.3 Å². The minimum absolute atomic E-state index is 0.0355. The third-order valence-electron chi connectivity index (χ3n) is 5.60. The van der Waals surface area contributed by atoms with Crippen molar-refractivity contribution in [3.63, 3.8) is 0 Å². The van der Waals surface area contributed by atoms with Gasteiger partial charge in [0.2, 0.25) is 0 Å². The van der Waals surface area contributed by atoms with Gasteiger partial charge in [0.15, 0.2) is 0 Å². The Kier molecular flexibility index (Phi) is 6.15. The van der Waals surface area contributed by atoms with Crippen molar-refractivity contribution in [2.75, 3.05) is 44.0 Å². The summed E-state index contributed by atoms with van der Waals surface area (Å²) in [6.07, 6.45) is 5.87. The van der Waals surface area contributed by atoms with Gasteiger partial charge in [-0.25, -0.2) is 4.79 Å². The summed E-state index contributed by atoms with van der Waals surface area (Å²) in [5, 5.41) is 14.6. The molecule has 1 saturated heterocycles. The second-order valence-corrected chi connectivity index (χ2v) is 7.53. The smallest absolute Gasteiger partial charge is 0.414 e. The van der Waals surface area contributed by atoms with Crippen LogP contribution >= 0.6 is 0 Å². The average molecular weight is 376 g/mol. The van der Waals surface area contributed by atoms with Crippen molar-refractivity contribution in [1.82, 2.24) is 4.90 Å². The lowest BCUT2D eigenvalue weighted by atomic mass is 9.83. The summed E-state index contributed by atoms with van der Waals surface area (Å²) < 4.78 is 5.02. The number of ether oxygens (including phenoxy) is 1. The van der Waals surface area contributed by atoms with Crippen LogP contribution in [-0.4, -0.2) is 55.8 Å². The molecule has 0 aromatic heterocycles. The number of nitro benzene ring substituents is 1. The number of anilines is 2. The van der Waals surface area contributed by atoms with Gasteiger partial charge in [-0.15, -0.1) is 0 Å². The van der Waals surface area contributed by atoms with E-state index in [0.29, 0.717) is 30.8 Å². The molecule has 1 aromatic carbocycles. The van der Waals surface area contributed by atoms with Crippen molar-refractivity contribution in [1.29, 1.82) is 0 Å². The first-order valence-electron chi connectivity index (χ1n) is 9.60. The highest BCUT2D eigenvalue weighted by atomic mass is 16.6. The highest BCUT2D eigenvalue weighted by Crippen LogP contribution is 2.33. The molecule has 3 rings (SSSR count). The number of cyclic esters (lactones) is 1. The van der Waals surface area contributed by atoms with E-state index in [1.54, 1.807) is 6.07 Å². The highest BCUT2D eigenvalue weighted by Gasteiger charge is 2.29. The minimum atomic E-state index is -0.463. The van der Waals surface area contributed by atoms with Crippen LogP contribution < -0.4 is 10.2 Å². The number of rotatable bonds is 7. The first-order chi connectivity index (χ1) is 13.0. The Morgan fingerprint density at radius 3 is 2.67 bits per heavy atom. The van der Waals surface area contributed by atoms with Crippen LogP contribution in [0.25, 0.3) is 0 Å². The number of benzene rings is 1. The topological polar surface area (TPSA) is 87.9 Å². The largest absolute Gasteiger partial charge is 0.447 e. The molecule has 8 heteroatoms. The van der Waals surface area contributed by atoms with Crippen LogP contribution in [-0.2, 0) is 4.74 Å². The molecule has 27 heavy (non-hydrogen) atoms. The molecule has 1 N–H and O–H groups in total. The van der Waals surface area contributed by atoms with Crippen molar-refractivity contribution in [3.8, 4) is 0 Å². The predicted molar refractivity (Wildman–Crippen MR) is 104 cm³/mol. The van der Waals surface area contributed by atoms with Crippen molar-refractivity contribution < 1.29 is 14.5 Å². The number of hydrogen-bond acceptors (Lipinski definition) is 6. The maximum absolute atomic E-state index is 12.0. The molecule has 0 spiro atoms. The number of carbonyl (C=O) groups excluding carboxylic acids is 1. The normalized spacial score (nSPS) is 19.2. The third-order valence-corrected chi connectivity index (χ3v) is 5.60. The van der Waals surface area contributed by atoms with Crippen molar-refractivity contribution >= 4 is 23.2 Å². The lowest BCUT2D eigenvalue weighted by molar-refractivity contribution is -0.384. The molecule has 148 valence electrons. The van der Waals surface area contributed by atoms with Crippen molar-refractivity contribution in [2.24, 2.45) is 5.92 Å². The summed E-state index contributed by atoms with van der Waals surface area (Å²) in [5.74, 6) is 0.638. The van der Waals surface area contributed by atoms with E-state index in [1.807, 2.05) is 0 Å². The van der Waals surface area contributed by atoms with E-state index >= 15 is 0 Å². The van der Waals surface area contributed by atoms with Crippen LogP contribution in [0.4, 0.5) is 21.9 Å². The van der Waals surface area contributed by atoms with Gasteiger partial charge < -0.3 is 15.0 Å². The molecule has 8 nitrogen and oxygen atoms in total. The zero-order valence-electron chi connectivity index (χ0n) is 16.0. The second-order valence-electron chi connectivity index (χ2n) is 7.53. The van der Waals surface area contributed by atoms with Crippen LogP contribution in [0.3, 0.4) is 0 Å². The molecule has 0 radical (unpaired) electrons. The standard InChI is InChI=1S/C19H28N4O4/c1-21(2)18(14-6-4-3-5-7-14)13-20-16-9-8-15(23(25)26)12-17(16)22-10-11-27-19(22)24/h8-9,12,14,18,20H,3-7,10-11,13H2,1-2H3/t18-/m0/s1. The third kappa shape index (κ3) is 4.50. The van der Waals surface area contributed by atoms with Crippen LogP contribution in [0.5, 0.6) is 0 Å². The molecular weight excluding hydrogens is 348 g/mol. The van der Waals surface area contributed by atoms with Gasteiger partial charge in [-0.05, 0) is 38.9 Å². The second kappa shape index (κ2) is 8.56. The molecule has 1 amide bonds. The van der Waals surface area contributed by atoms with Crippen LogP contribution in [0, 0.1) is 16.0 Å². The average Bonchev–Trinajstić information content (AvgIpc) is 3.08. The number of nitrogens with zero attached hydrogens (tertiary/aromatic N) is 3. The molecule has 1 atom stereocenters. The quantitative estimate of drug-likeness (QED) is 0.579. The Labute approximate surface area is 159 Å². The fraction of sp³-hybridized carbons (Fsp3) is 0.632. The van der Waals surface area contributed by atoms with Crippen LogP contribution in [0.1, 0.15) is 32.1 Å². The number of non-ortho nitro benzene ring substituents is 1. The molecular formula is C19H28N4O4. The summed E-state index contributed by atoms with van der Waals surface area (Å²) in [6, 6.07) is 4.98. The van der Waals surface area contributed by atoms with E-state index in [9.17, 15) is 14.9 Å². The van der Waals surface area contributed by atoms with E-state index in [1.165, 1.54) is 49.1 Å². The van der Waals surface area contributed by atoms with Gasteiger partial charge in [0.25, 0.3) is 5.69 Å². The zero-order valence-corrected chi connectivity index (χ0v) is 16.0. The van der Waals surface area contributed by atoms with Gasteiger partial charge in [-0.2, -0.15) is 0 Å². The number of carbonyl (C=O) groups is 1. The lowest BCUT2D eigenvalue weighted by Gasteiger charge is -2.35. The summed E-state index contributed by atoms with van der Waals surface area (Å²) >= 11 is 0. The molecule has 0 bridgehead atoms. The zero-order chi connectivity index (χ0) is 19.4. The fourth-order valence-corrected chi connectivity index (χ4v) is 4.12. The molecule has 1 saturated carbocycles. The maximum atomic E-state index is 12.0. The van der Waals surface area contributed by atoms with Gasteiger partial charge in [0, 0.05) is 24.7 Å². The predicted octanol–water partition coefficient (Wildman–Crippen LogP) is 3.47. The van der Waals surface area contributed by atoms with Crippen LogP contribution in [0.15, 0.2) is 18.2 Å². The molecule has 1 heterocycles. The van der Waals surface area contributed by atoms with E-state index in [0.717, 1.165) is 12.2 Å². The molecule has 2 aliphatic rings. The number of amides is 1. The molecule has 1 aliphatic carbocycles. The number of nitro groups is 1. The Balaban J connectivity index is 1.80. The molecule has 0 unspecified atom stereocenters. The Morgan fingerprint density at radius 1 is 1.33 bits per heavy atom. The summed E-state index contributed by atoms with van der Waals surface area (Å²) in [7, 11) is 4.19. The van der Waals surface area contributed by atoms with Gasteiger partial charge in [0.05, 0.1) is 22.8 Å². The molecule has 1 aliphatic heterocycles. The number of nitrogens with one attached hydrogen (secondary N) is 1. The van der Waals surface area contributed by atoms with Crippen molar-refractivity contribution in [3.05, 3.63) is 28.3 Å². The first kappa shape index (κ1) is 19.4.